The zero-order valence-corrected chi connectivity index (χ0v) is 24.5. The number of rotatable bonds is 4. The average Bonchev–Trinajstić information content (AvgIpc) is 3.62. The third-order valence-electron chi connectivity index (χ3n) is 7.90. The second-order valence-electron chi connectivity index (χ2n) is 10.9. The average molecular weight is 577 g/mol. The first-order chi connectivity index (χ1) is 19.3. The fraction of sp³-hybridized carbons (Fsp3) is 0.586. The molecule has 1 aliphatic carbocycles. The lowest BCUT2D eigenvalue weighted by molar-refractivity contribution is -0.120. The molecule has 2 aliphatic heterocycles. The van der Waals surface area contributed by atoms with Gasteiger partial charge in [-0.15, -0.1) is 0 Å². The molecule has 226 valence electrons. The van der Waals surface area contributed by atoms with E-state index < -0.39 is 65.6 Å². The number of fused-ring (bicyclic) bond motifs is 3. The molecule has 0 spiro atoms. The van der Waals surface area contributed by atoms with Crippen molar-refractivity contribution in [2.45, 2.75) is 76.7 Å². The van der Waals surface area contributed by atoms with Crippen LogP contribution in [0.15, 0.2) is 46.9 Å². The summed E-state index contributed by atoms with van der Waals surface area (Å²) < 4.78 is 27.9. The number of hydrogen-bond donors (Lipinski definition) is 3. The Balaban J connectivity index is 2.05. The minimum Gasteiger partial charge on any atom is -0.492 e. The number of amides is 2. The van der Waals surface area contributed by atoms with E-state index in [2.05, 4.69) is 5.32 Å². The number of primary amides is 1. The van der Waals surface area contributed by atoms with Crippen LogP contribution < -0.4 is 11.1 Å². The molecule has 12 heteroatoms. The number of aliphatic hydroxyl groups excluding tert-OH is 1. The molecule has 1 fully saturated rings. The maximum absolute atomic E-state index is 13.4. The summed E-state index contributed by atoms with van der Waals surface area (Å²) >= 11 is 0. The van der Waals surface area contributed by atoms with Crippen LogP contribution >= 0.6 is 0 Å². The summed E-state index contributed by atoms with van der Waals surface area (Å²) in [6, 6.07) is 0. The first kappa shape index (κ1) is 32.2. The summed E-state index contributed by atoms with van der Waals surface area (Å²) in [5.74, 6) is -2.46. The Morgan fingerprint density at radius 1 is 1.17 bits per heavy atom. The second-order valence-corrected chi connectivity index (χ2v) is 10.9. The van der Waals surface area contributed by atoms with Crippen LogP contribution in [-0.2, 0) is 38.1 Å². The zero-order valence-electron chi connectivity index (χ0n) is 24.5. The normalized spacial score (nSPS) is 37.3. The van der Waals surface area contributed by atoms with E-state index in [-0.39, 0.29) is 34.9 Å². The van der Waals surface area contributed by atoms with Crippen LogP contribution in [0.1, 0.15) is 40.5 Å². The second kappa shape index (κ2) is 13.1. The molecule has 12 nitrogen and oxygen atoms in total. The van der Waals surface area contributed by atoms with Crippen LogP contribution in [-0.4, -0.2) is 86.1 Å². The number of nitrogens with two attached hydrogens (primary N) is 1. The highest BCUT2D eigenvalue weighted by Crippen LogP contribution is 2.48. The summed E-state index contributed by atoms with van der Waals surface area (Å²) in [6.07, 6.45) is 1.07. The van der Waals surface area contributed by atoms with E-state index in [1.54, 1.807) is 19.9 Å². The molecular formula is C29H40N2O10. The minimum atomic E-state index is -1.04. The van der Waals surface area contributed by atoms with Crippen molar-refractivity contribution in [3.05, 3.63) is 46.9 Å². The number of hydrogen-bond acceptors (Lipinski definition) is 10. The number of ketones is 2. The van der Waals surface area contributed by atoms with E-state index in [0.29, 0.717) is 6.42 Å². The van der Waals surface area contributed by atoms with Gasteiger partial charge in [0.25, 0.3) is 5.91 Å². The molecule has 0 aromatic rings. The van der Waals surface area contributed by atoms with Gasteiger partial charge in [0, 0.05) is 37.4 Å². The lowest BCUT2D eigenvalue weighted by Crippen LogP contribution is -2.47. The summed E-state index contributed by atoms with van der Waals surface area (Å²) in [4.78, 5) is 50.9. The fourth-order valence-corrected chi connectivity index (χ4v) is 5.54. The molecule has 2 bridgehead atoms. The maximum atomic E-state index is 13.4. The van der Waals surface area contributed by atoms with Crippen molar-refractivity contribution in [3.8, 4) is 0 Å². The molecule has 0 unspecified atom stereocenters. The van der Waals surface area contributed by atoms with Crippen LogP contribution in [0, 0.1) is 11.8 Å². The van der Waals surface area contributed by atoms with Crippen LogP contribution in [0.5, 0.6) is 0 Å². The van der Waals surface area contributed by atoms with Gasteiger partial charge in [-0.2, -0.15) is 0 Å². The predicted molar refractivity (Wildman–Crippen MR) is 146 cm³/mol. The Kier molecular flexibility index (Phi) is 10.3. The molecule has 3 rings (SSSR count). The Morgan fingerprint density at radius 2 is 1.85 bits per heavy atom. The van der Waals surface area contributed by atoms with Crippen molar-refractivity contribution in [2.75, 3.05) is 21.3 Å². The topological polar surface area (TPSA) is 176 Å². The highest BCUT2D eigenvalue weighted by Gasteiger charge is 2.64. The van der Waals surface area contributed by atoms with Gasteiger partial charge >= 0.3 is 6.09 Å². The van der Waals surface area contributed by atoms with Crippen molar-refractivity contribution in [2.24, 2.45) is 17.6 Å². The SMILES string of the molecule is COC1=C2C[C@@H](C)C[C@H](OC)[C@H](O)[C@@H](C)[C@@H]3O[C@@]3(C)[C@H](OC(N)=O)[C@@H](OC)/C=C\C=C(/C)C(=O)NC(=CC1=O)C2=O. The smallest absolute Gasteiger partial charge is 0.404 e. The van der Waals surface area contributed by atoms with E-state index in [1.807, 2.05) is 6.92 Å². The van der Waals surface area contributed by atoms with Gasteiger partial charge in [0.1, 0.15) is 11.7 Å². The summed E-state index contributed by atoms with van der Waals surface area (Å²) in [5.41, 5.74) is 4.52. The Hall–Kier alpha value is -3.32. The van der Waals surface area contributed by atoms with Crippen LogP contribution in [0.3, 0.4) is 0 Å². The molecule has 4 N–H and O–H groups in total. The van der Waals surface area contributed by atoms with Crippen molar-refractivity contribution < 1.29 is 48.0 Å². The number of methoxy groups -OCH3 is 3. The van der Waals surface area contributed by atoms with Gasteiger partial charge in [0.2, 0.25) is 11.6 Å². The third-order valence-corrected chi connectivity index (χ3v) is 7.90. The number of aliphatic hydroxyl groups is 1. The van der Waals surface area contributed by atoms with Crippen LogP contribution in [0.2, 0.25) is 0 Å². The van der Waals surface area contributed by atoms with E-state index >= 15 is 0 Å². The molecule has 0 aromatic carbocycles. The molecule has 2 heterocycles. The molecule has 3 aliphatic rings. The Labute approximate surface area is 239 Å². The third kappa shape index (κ3) is 6.95. The van der Waals surface area contributed by atoms with Gasteiger partial charge < -0.3 is 39.8 Å². The quantitative estimate of drug-likeness (QED) is 0.329. The molecule has 1 saturated heterocycles. The zero-order chi connectivity index (χ0) is 30.6. The number of allylic oxidation sites excluding steroid dienone is 4. The monoisotopic (exact) mass is 576 g/mol. The standard InChI is InChI=1S/C29H40N2O10/c1-14-11-17-23(34)18(13-19(32)24(17)39-7)31-27(35)15(2)9-8-10-20(37-5)26(40-28(30)36)29(4)25(41-29)16(3)22(33)21(12-14)38-6/h8-10,13-14,16,20-22,25-26,33H,11-12H2,1-7H3,(H2,30,36)(H,31,35)/b10-8-,15-9+/t14-,16-,20+,21+,22-,25+,26-,29-/m1/s1. The molecule has 0 radical (unpaired) electrons. The van der Waals surface area contributed by atoms with E-state index in [0.717, 1.165) is 6.08 Å². The fourth-order valence-electron chi connectivity index (χ4n) is 5.54. The van der Waals surface area contributed by atoms with Gasteiger partial charge in [0.05, 0.1) is 31.1 Å². The first-order valence-corrected chi connectivity index (χ1v) is 13.4. The number of carbonyl (C=O) groups is 4. The highest BCUT2D eigenvalue weighted by atomic mass is 16.7. The minimum absolute atomic E-state index is 0.0860. The molecule has 0 saturated carbocycles. The molecule has 8 atom stereocenters. The van der Waals surface area contributed by atoms with Crippen molar-refractivity contribution in [3.63, 3.8) is 0 Å². The number of Topliss-reactive ketones (excluding diaryl/α,β-unsaturated/α-hetero) is 1. The number of epoxide rings is 1. The number of carbonyl (C=O) groups excluding carboxylic acids is 4. The van der Waals surface area contributed by atoms with Gasteiger partial charge in [-0.1, -0.05) is 32.1 Å². The summed E-state index contributed by atoms with van der Waals surface area (Å²) in [7, 11) is 4.20. The lowest BCUT2D eigenvalue weighted by Gasteiger charge is -2.31. The highest BCUT2D eigenvalue weighted by molar-refractivity contribution is 6.23. The number of nitrogens with one attached hydrogen (secondary N) is 1. The lowest BCUT2D eigenvalue weighted by atomic mass is 9.82. The van der Waals surface area contributed by atoms with Gasteiger partial charge in [-0.25, -0.2) is 4.79 Å². The van der Waals surface area contributed by atoms with Crippen molar-refractivity contribution in [1.29, 1.82) is 0 Å². The van der Waals surface area contributed by atoms with Crippen LogP contribution in [0.25, 0.3) is 0 Å². The van der Waals surface area contributed by atoms with Crippen LogP contribution in [0.4, 0.5) is 4.79 Å². The van der Waals surface area contributed by atoms with Gasteiger partial charge in [-0.3, -0.25) is 14.4 Å². The van der Waals surface area contributed by atoms with E-state index in [4.69, 9.17) is 29.4 Å². The molecule has 0 aromatic heterocycles. The molecular weight excluding hydrogens is 536 g/mol. The summed E-state index contributed by atoms with van der Waals surface area (Å²) in [6.45, 7) is 6.93. The maximum Gasteiger partial charge on any atom is 0.404 e. The van der Waals surface area contributed by atoms with Gasteiger partial charge in [0.15, 0.2) is 11.9 Å². The van der Waals surface area contributed by atoms with Gasteiger partial charge in [-0.05, 0) is 32.6 Å². The van der Waals surface area contributed by atoms with E-state index in [1.165, 1.54) is 40.4 Å². The van der Waals surface area contributed by atoms with Crippen molar-refractivity contribution in [1.82, 2.24) is 5.32 Å². The molecule has 2 amide bonds. The number of ether oxygens (including phenoxy) is 5. The van der Waals surface area contributed by atoms with Crippen molar-refractivity contribution >= 4 is 23.6 Å². The first-order valence-electron chi connectivity index (χ1n) is 13.4. The largest absolute Gasteiger partial charge is 0.492 e. The predicted octanol–water partition coefficient (Wildman–Crippen LogP) is 1.62. The Morgan fingerprint density at radius 3 is 2.44 bits per heavy atom. The summed E-state index contributed by atoms with van der Waals surface area (Å²) in [5, 5.41) is 13.8. The Bertz CT molecular complexity index is 1190. The molecule has 41 heavy (non-hydrogen) atoms. The van der Waals surface area contributed by atoms with E-state index in [9.17, 15) is 24.3 Å².